The zero-order valence-corrected chi connectivity index (χ0v) is 13.5. The molecule has 0 saturated carbocycles. The zero-order chi connectivity index (χ0) is 15.2. The van der Waals surface area contributed by atoms with Crippen LogP contribution in [0.4, 0.5) is 5.82 Å². The molecule has 0 aliphatic heterocycles. The lowest BCUT2D eigenvalue weighted by atomic mass is 10.0. The van der Waals surface area contributed by atoms with Crippen LogP contribution < -0.4 is 5.32 Å². The van der Waals surface area contributed by atoms with E-state index in [1.807, 2.05) is 6.92 Å². The summed E-state index contributed by atoms with van der Waals surface area (Å²) in [4.78, 5) is 9.16. The number of rotatable bonds is 6. The molecule has 3 nitrogen and oxygen atoms in total. The van der Waals surface area contributed by atoms with Gasteiger partial charge in [-0.2, -0.15) is 0 Å². The first kappa shape index (κ1) is 15.5. The van der Waals surface area contributed by atoms with Crippen molar-refractivity contribution in [1.29, 1.82) is 0 Å². The van der Waals surface area contributed by atoms with Crippen LogP contribution in [0.2, 0.25) is 0 Å². The van der Waals surface area contributed by atoms with Crippen molar-refractivity contribution in [2.75, 3.05) is 11.9 Å². The van der Waals surface area contributed by atoms with Gasteiger partial charge in [-0.25, -0.2) is 9.97 Å². The van der Waals surface area contributed by atoms with E-state index in [0.29, 0.717) is 0 Å². The van der Waals surface area contributed by atoms with E-state index in [1.54, 1.807) is 0 Å². The highest BCUT2D eigenvalue weighted by atomic mass is 15.0. The molecule has 1 aromatic carbocycles. The van der Waals surface area contributed by atoms with Gasteiger partial charge in [-0.05, 0) is 32.3 Å². The summed E-state index contributed by atoms with van der Waals surface area (Å²) >= 11 is 0. The number of hydrogen-bond acceptors (Lipinski definition) is 3. The molecule has 0 bridgehead atoms. The Balaban J connectivity index is 2.36. The van der Waals surface area contributed by atoms with Gasteiger partial charge in [0.05, 0.1) is 5.69 Å². The third kappa shape index (κ3) is 3.81. The molecule has 0 aliphatic carbocycles. The molecule has 3 heteroatoms. The van der Waals surface area contributed by atoms with Crippen LogP contribution in [0.5, 0.6) is 0 Å². The molecule has 0 aliphatic rings. The van der Waals surface area contributed by atoms with E-state index in [4.69, 9.17) is 0 Å². The SMILES string of the molecule is CCCNc1nc(C)nc(-c2ccc(CCC)cc2)c1C. The Morgan fingerprint density at radius 2 is 1.67 bits per heavy atom. The van der Waals surface area contributed by atoms with Crippen molar-refractivity contribution in [3.8, 4) is 11.3 Å². The van der Waals surface area contributed by atoms with Gasteiger partial charge in [0.15, 0.2) is 0 Å². The summed E-state index contributed by atoms with van der Waals surface area (Å²) in [5.41, 5.74) is 4.70. The van der Waals surface area contributed by atoms with Crippen LogP contribution in [0.15, 0.2) is 24.3 Å². The summed E-state index contributed by atoms with van der Waals surface area (Å²) in [6, 6.07) is 8.75. The predicted molar refractivity (Wildman–Crippen MR) is 89.7 cm³/mol. The lowest BCUT2D eigenvalue weighted by molar-refractivity contribution is 0.922. The molecule has 0 saturated heterocycles. The maximum Gasteiger partial charge on any atom is 0.133 e. The van der Waals surface area contributed by atoms with Crippen LogP contribution in [-0.2, 0) is 6.42 Å². The topological polar surface area (TPSA) is 37.8 Å². The summed E-state index contributed by atoms with van der Waals surface area (Å²) in [6.07, 6.45) is 3.39. The number of aromatic nitrogens is 2. The largest absolute Gasteiger partial charge is 0.370 e. The van der Waals surface area contributed by atoms with Crippen LogP contribution in [0.25, 0.3) is 11.3 Å². The molecular weight excluding hydrogens is 258 g/mol. The molecule has 1 N–H and O–H groups in total. The molecule has 1 heterocycles. The van der Waals surface area contributed by atoms with Crippen molar-refractivity contribution < 1.29 is 0 Å². The normalized spacial score (nSPS) is 10.7. The molecule has 1 aromatic heterocycles. The van der Waals surface area contributed by atoms with Crippen LogP contribution >= 0.6 is 0 Å². The summed E-state index contributed by atoms with van der Waals surface area (Å²) in [6.45, 7) is 9.34. The number of nitrogens with zero attached hydrogens (tertiary/aromatic N) is 2. The zero-order valence-electron chi connectivity index (χ0n) is 13.5. The van der Waals surface area contributed by atoms with Crippen molar-refractivity contribution >= 4 is 5.82 Å². The van der Waals surface area contributed by atoms with E-state index in [1.165, 1.54) is 12.0 Å². The van der Waals surface area contributed by atoms with E-state index in [-0.39, 0.29) is 0 Å². The Morgan fingerprint density at radius 1 is 0.952 bits per heavy atom. The second kappa shape index (κ2) is 7.21. The quantitative estimate of drug-likeness (QED) is 0.846. The number of hydrogen-bond donors (Lipinski definition) is 1. The van der Waals surface area contributed by atoms with Gasteiger partial charge >= 0.3 is 0 Å². The molecule has 2 rings (SSSR count). The molecule has 0 amide bonds. The Labute approximate surface area is 127 Å². The smallest absolute Gasteiger partial charge is 0.133 e. The summed E-state index contributed by atoms with van der Waals surface area (Å²) in [5.74, 6) is 1.77. The van der Waals surface area contributed by atoms with Crippen molar-refractivity contribution in [1.82, 2.24) is 9.97 Å². The molecule has 0 unspecified atom stereocenters. The Hall–Kier alpha value is -1.90. The average molecular weight is 283 g/mol. The van der Waals surface area contributed by atoms with Gasteiger partial charge in [-0.15, -0.1) is 0 Å². The van der Waals surface area contributed by atoms with Gasteiger partial charge in [-0.1, -0.05) is 44.5 Å². The van der Waals surface area contributed by atoms with E-state index in [9.17, 15) is 0 Å². The molecule has 0 atom stereocenters. The van der Waals surface area contributed by atoms with Crippen molar-refractivity contribution in [2.24, 2.45) is 0 Å². The number of nitrogens with one attached hydrogen (secondary N) is 1. The molecular formula is C18H25N3. The number of anilines is 1. The van der Waals surface area contributed by atoms with Crippen LogP contribution in [-0.4, -0.2) is 16.5 Å². The summed E-state index contributed by atoms with van der Waals surface area (Å²) in [7, 11) is 0. The molecule has 0 spiro atoms. The van der Waals surface area contributed by atoms with Crippen molar-refractivity contribution in [3.05, 3.63) is 41.2 Å². The maximum absolute atomic E-state index is 4.64. The maximum atomic E-state index is 4.64. The van der Waals surface area contributed by atoms with Gasteiger partial charge in [0.25, 0.3) is 0 Å². The van der Waals surface area contributed by atoms with Gasteiger partial charge in [0.1, 0.15) is 11.6 Å². The minimum Gasteiger partial charge on any atom is -0.370 e. The molecule has 2 aromatic rings. The minimum atomic E-state index is 0.812. The first-order chi connectivity index (χ1) is 10.2. The number of benzene rings is 1. The monoisotopic (exact) mass is 283 g/mol. The second-order valence-corrected chi connectivity index (χ2v) is 5.47. The first-order valence-electron chi connectivity index (χ1n) is 7.84. The van der Waals surface area contributed by atoms with E-state index in [2.05, 4.69) is 60.3 Å². The van der Waals surface area contributed by atoms with Crippen LogP contribution in [0.1, 0.15) is 43.6 Å². The lowest BCUT2D eigenvalue weighted by Crippen LogP contribution is -2.07. The van der Waals surface area contributed by atoms with Gasteiger partial charge in [-0.3, -0.25) is 0 Å². The van der Waals surface area contributed by atoms with E-state index in [0.717, 1.165) is 47.8 Å². The Bertz CT molecular complexity index is 588. The highest BCUT2D eigenvalue weighted by molar-refractivity contribution is 5.68. The third-order valence-corrected chi connectivity index (χ3v) is 3.57. The van der Waals surface area contributed by atoms with E-state index < -0.39 is 0 Å². The Kier molecular flexibility index (Phi) is 5.32. The highest BCUT2D eigenvalue weighted by Gasteiger charge is 2.10. The predicted octanol–water partition coefficient (Wildman–Crippen LogP) is 4.53. The van der Waals surface area contributed by atoms with Crippen molar-refractivity contribution in [3.63, 3.8) is 0 Å². The van der Waals surface area contributed by atoms with E-state index >= 15 is 0 Å². The fourth-order valence-corrected chi connectivity index (χ4v) is 2.44. The third-order valence-electron chi connectivity index (χ3n) is 3.57. The second-order valence-electron chi connectivity index (χ2n) is 5.47. The highest BCUT2D eigenvalue weighted by Crippen LogP contribution is 2.26. The summed E-state index contributed by atoms with van der Waals surface area (Å²) < 4.78 is 0. The average Bonchev–Trinajstić information content (AvgIpc) is 2.49. The standard InChI is InChI=1S/C18H25N3/c1-5-7-15-8-10-16(11-9-15)17-13(3)18(19-12-6-2)21-14(4)20-17/h8-11H,5-7,12H2,1-4H3,(H,19,20,21). The first-order valence-corrected chi connectivity index (χ1v) is 7.84. The lowest BCUT2D eigenvalue weighted by Gasteiger charge is -2.13. The van der Waals surface area contributed by atoms with Gasteiger partial charge in [0, 0.05) is 17.7 Å². The minimum absolute atomic E-state index is 0.812. The molecule has 0 radical (unpaired) electrons. The Morgan fingerprint density at radius 3 is 2.29 bits per heavy atom. The van der Waals surface area contributed by atoms with Crippen LogP contribution in [0, 0.1) is 13.8 Å². The molecule has 0 fully saturated rings. The molecule has 112 valence electrons. The fraction of sp³-hybridized carbons (Fsp3) is 0.444. The fourth-order valence-electron chi connectivity index (χ4n) is 2.44. The van der Waals surface area contributed by atoms with Gasteiger partial charge in [0.2, 0.25) is 0 Å². The summed E-state index contributed by atoms with van der Waals surface area (Å²) in [5, 5.41) is 3.39. The van der Waals surface area contributed by atoms with Crippen molar-refractivity contribution in [2.45, 2.75) is 47.0 Å². The number of aryl methyl sites for hydroxylation is 2. The van der Waals surface area contributed by atoms with Gasteiger partial charge < -0.3 is 5.32 Å². The van der Waals surface area contributed by atoms with Crippen LogP contribution in [0.3, 0.4) is 0 Å². The molecule has 21 heavy (non-hydrogen) atoms.